The lowest BCUT2D eigenvalue weighted by Gasteiger charge is -2.36. The molecule has 4 nitrogen and oxygen atoms in total. The molecule has 0 amide bonds. The maximum atomic E-state index is 5.83. The van der Waals surface area contributed by atoms with E-state index in [1.807, 2.05) is 6.08 Å². The molecular formula is C13H27N3O. The van der Waals surface area contributed by atoms with Gasteiger partial charge in [0.2, 0.25) is 0 Å². The molecule has 1 rings (SSSR count). The minimum atomic E-state index is 0.227. The first kappa shape index (κ1) is 14.6. The Morgan fingerprint density at radius 2 is 2.47 bits per heavy atom. The summed E-state index contributed by atoms with van der Waals surface area (Å²) in [6, 6.07) is 0.259. The number of nitrogens with zero attached hydrogens (tertiary/aromatic N) is 1. The molecule has 0 aromatic rings. The van der Waals surface area contributed by atoms with Crippen molar-refractivity contribution >= 4 is 0 Å². The van der Waals surface area contributed by atoms with E-state index in [9.17, 15) is 0 Å². The van der Waals surface area contributed by atoms with Crippen molar-refractivity contribution in [3.63, 3.8) is 0 Å². The second kappa shape index (κ2) is 8.64. The summed E-state index contributed by atoms with van der Waals surface area (Å²) in [5.41, 5.74) is 2.91. The zero-order valence-electron chi connectivity index (χ0n) is 11.0. The Morgan fingerprint density at radius 1 is 1.65 bits per heavy atom. The first-order chi connectivity index (χ1) is 8.31. The number of rotatable bonds is 8. The van der Waals surface area contributed by atoms with Crippen LogP contribution in [0.5, 0.6) is 0 Å². The van der Waals surface area contributed by atoms with Gasteiger partial charge >= 0.3 is 0 Å². The number of unbranched alkanes of at least 4 members (excludes halogenated alkanes) is 1. The maximum absolute atomic E-state index is 5.83. The number of ether oxygens (including phenoxy) is 1. The largest absolute Gasteiger partial charge is 0.374 e. The molecule has 1 heterocycles. The van der Waals surface area contributed by atoms with E-state index < -0.39 is 0 Å². The molecule has 0 radical (unpaired) electrons. The number of morpholine rings is 1. The van der Waals surface area contributed by atoms with Crippen LogP contribution in [-0.2, 0) is 4.74 Å². The minimum absolute atomic E-state index is 0.227. The van der Waals surface area contributed by atoms with Gasteiger partial charge in [-0.05, 0) is 32.2 Å². The smallest absolute Gasteiger partial charge is 0.0868 e. The van der Waals surface area contributed by atoms with Crippen LogP contribution in [0, 0.1) is 0 Å². The number of nitrogens with two attached hydrogens (primary N) is 1. The molecule has 0 saturated carbocycles. The van der Waals surface area contributed by atoms with Gasteiger partial charge in [-0.3, -0.25) is 16.2 Å². The van der Waals surface area contributed by atoms with Crippen LogP contribution in [0.3, 0.4) is 0 Å². The number of hydrazine groups is 1. The maximum Gasteiger partial charge on any atom is 0.0868 e. The van der Waals surface area contributed by atoms with Gasteiger partial charge in [-0.2, -0.15) is 0 Å². The molecule has 2 unspecified atom stereocenters. The molecule has 2 atom stereocenters. The fraction of sp³-hybridized carbons (Fsp3) is 0.846. The topological polar surface area (TPSA) is 50.5 Å². The molecule has 3 N–H and O–H groups in total. The lowest BCUT2D eigenvalue weighted by atomic mass is 10.0. The molecular weight excluding hydrogens is 214 g/mol. The van der Waals surface area contributed by atoms with Gasteiger partial charge in [0, 0.05) is 19.1 Å². The lowest BCUT2D eigenvalue weighted by Crippen LogP contribution is -2.54. The van der Waals surface area contributed by atoms with Crippen molar-refractivity contribution in [3.05, 3.63) is 12.7 Å². The Bertz CT molecular complexity index is 209. The highest BCUT2D eigenvalue weighted by molar-refractivity contribution is 4.82. The van der Waals surface area contributed by atoms with Crippen molar-refractivity contribution in [2.45, 2.75) is 44.8 Å². The standard InChI is InChI=1S/C13H27N3O/c1-3-5-6-7-12(15-14)13-11-16(8-4-2)9-10-17-13/h3,12-13,15H,1,4-11,14H2,2H3. The van der Waals surface area contributed by atoms with Crippen LogP contribution in [0.4, 0.5) is 0 Å². The quantitative estimate of drug-likeness (QED) is 0.291. The average molecular weight is 241 g/mol. The first-order valence-electron chi connectivity index (χ1n) is 6.72. The summed E-state index contributed by atoms with van der Waals surface area (Å²) in [5, 5.41) is 0. The third-order valence-corrected chi connectivity index (χ3v) is 3.30. The number of nitrogens with one attached hydrogen (secondary N) is 1. The Balaban J connectivity index is 2.35. The van der Waals surface area contributed by atoms with Gasteiger partial charge in [-0.25, -0.2) is 0 Å². The van der Waals surface area contributed by atoms with Gasteiger partial charge in [-0.15, -0.1) is 6.58 Å². The molecule has 1 aliphatic rings. The van der Waals surface area contributed by atoms with Crippen molar-refractivity contribution in [1.82, 2.24) is 10.3 Å². The van der Waals surface area contributed by atoms with Crippen molar-refractivity contribution < 1.29 is 4.74 Å². The Hall–Kier alpha value is -0.420. The zero-order valence-corrected chi connectivity index (χ0v) is 11.0. The predicted molar refractivity (Wildman–Crippen MR) is 71.6 cm³/mol. The molecule has 1 fully saturated rings. The molecule has 0 spiro atoms. The molecule has 0 aromatic heterocycles. The molecule has 1 aliphatic heterocycles. The molecule has 0 aliphatic carbocycles. The monoisotopic (exact) mass is 241 g/mol. The highest BCUT2D eigenvalue weighted by Crippen LogP contribution is 2.13. The van der Waals surface area contributed by atoms with E-state index in [0.717, 1.165) is 45.5 Å². The van der Waals surface area contributed by atoms with Crippen molar-refractivity contribution in [2.75, 3.05) is 26.2 Å². The number of allylic oxidation sites excluding steroid dienone is 1. The van der Waals surface area contributed by atoms with Crippen molar-refractivity contribution in [2.24, 2.45) is 5.84 Å². The van der Waals surface area contributed by atoms with E-state index >= 15 is 0 Å². The lowest BCUT2D eigenvalue weighted by molar-refractivity contribution is -0.0478. The van der Waals surface area contributed by atoms with Gasteiger partial charge < -0.3 is 4.74 Å². The third-order valence-electron chi connectivity index (χ3n) is 3.30. The second-order valence-electron chi connectivity index (χ2n) is 4.70. The van der Waals surface area contributed by atoms with Gasteiger partial charge in [0.05, 0.1) is 12.7 Å². The highest BCUT2D eigenvalue weighted by Gasteiger charge is 2.26. The average Bonchev–Trinajstić information content (AvgIpc) is 2.35. The van der Waals surface area contributed by atoms with Crippen LogP contribution in [0.2, 0.25) is 0 Å². The normalized spacial score (nSPS) is 23.5. The van der Waals surface area contributed by atoms with Crippen LogP contribution >= 0.6 is 0 Å². The predicted octanol–water partition coefficient (Wildman–Crippen LogP) is 1.29. The number of hydrogen-bond donors (Lipinski definition) is 2. The third kappa shape index (κ3) is 5.17. The molecule has 1 saturated heterocycles. The summed E-state index contributed by atoms with van der Waals surface area (Å²) in [6.07, 6.45) is 6.59. The van der Waals surface area contributed by atoms with Gasteiger partial charge in [0.25, 0.3) is 0 Å². The van der Waals surface area contributed by atoms with E-state index in [4.69, 9.17) is 10.6 Å². The molecule has 0 bridgehead atoms. The van der Waals surface area contributed by atoms with E-state index in [2.05, 4.69) is 23.8 Å². The van der Waals surface area contributed by atoms with Gasteiger partial charge in [0.15, 0.2) is 0 Å². The van der Waals surface area contributed by atoms with Crippen molar-refractivity contribution in [3.8, 4) is 0 Å². The zero-order chi connectivity index (χ0) is 12.5. The summed E-state index contributed by atoms with van der Waals surface area (Å²) in [5.74, 6) is 5.63. The van der Waals surface area contributed by atoms with Gasteiger partial charge in [0.1, 0.15) is 0 Å². The van der Waals surface area contributed by atoms with E-state index in [0.29, 0.717) is 0 Å². The van der Waals surface area contributed by atoms with Crippen LogP contribution in [-0.4, -0.2) is 43.3 Å². The molecule has 100 valence electrons. The summed E-state index contributed by atoms with van der Waals surface area (Å²) in [4.78, 5) is 2.46. The SMILES string of the molecule is C=CCCCC(NN)C1CN(CCC)CCO1. The first-order valence-corrected chi connectivity index (χ1v) is 6.72. The van der Waals surface area contributed by atoms with Crippen molar-refractivity contribution in [1.29, 1.82) is 0 Å². The molecule has 0 aromatic carbocycles. The summed E-state index contributed by atoms with van der Waals surface area (Å²) in [6.45, 7) is 9.98. The van der Waals surface area contributed by atoms with Crippen LogP contribution < -0.4 is 11.3 Å². The molecule has 4 heteroatoms. The van der Waals surface area contributed by atoms with Crippen LogP contribution in [0.25, 0.3) is 0 Å². The Labute approximate surface area is 105 Å². The Kier molecular flexibility index (Phi) is 7.44. The minimum Gasteiger partial charge on any atom is -0.374 e. The second-order valence-corrected chi connectivity index (χ2v) is 4.70. The fourth-order valence-electron chi connectivity index (χ4n) is 2.35. The van der Waals surface area contributed by atoms with Gasteiger partial charge in [-0.1, -0.05) is 13.0 Å². The van der Waals surface area contributed by atoms with Crippen LogP contribution in [0.1, 0.15) is 32.6 Å². The highest BCUT2D eigenvalue weighted by atomic mass is 16.5. The summed E-state index contributed by atoms with van der Waals surface area (Å²) in [7, 11) is 0. The molecule has 17 heavy (non-hydrogen) atoms. The van der Waals surface area contributed by atoms with E-state index in [-0.39, 0.29) is 12.1 Å². The van der Waals surface area contributed by atoms with Crippen LogP contribution in [0.15, 0.2) is 12.7 Å². The summed E-state index contributed by atoms with van der Waals surface area (Å²) < 4.78 is 5.83. The fourth-order valence-corrected chi connectivity index (χ4v) is 2.35. The van der Waals surface area contributed by atoms with E-state index in [1.165, 1.54) is 6.42 Å². The summed E-state index contributed by atoms with van der Waals surface area (Å²) >= 11 is 0. The van der Waals surface area contributed by atoms with E-state index in [1.54, 1.807) is 0 Å². The Morgan fingerprint density at radius 3 is 3.12 bits per heavy atom. The number of hydrogen-bond acceptors (Lipinski definition) is 4.